The lowest BCUT2D eigenvalue weighted by Gasteiger charge is -2.00. The number of nitrogens with zero attached hydrogens (tertiary/aromatic N) is 2. The second kappa shape index (κ2) is 3.81. The first-order valence-electron chi connectivity index (χ1n) is 4.01. The van der Waals surface area contributed by atoms with E-state index in [9.17, 15) is 0 Å². The van der Waals surface area contributed by atoms with Crippen LogP contribution in [0.3, 0.4) is 0 Å². The molecule has 0 atom stereocenters. The Morgan fingerprint density at radius 3 is 2.75 bits per heavy atom. The van der Waals surface area contributed by atoms with Crippen molar-refractivity contribution >= 4 is 18.0 Å². The lowest BCUT2D eigenvalue weighted by Crippen LogP contribution is -1.91. The maximum absolute atomic E-state index is 4.43. The van der Waals surface area contributed by atoms with E-state index in [0.29, 0.717) is 0 Å². The molecule has 0 unspecified atom stereocenters. The molecule has 0 aromatic carbocycles. The van der Waals surface area contributed by atoms with Crippen LogP contribution in [0, 0.1) is 13.8 Å². The molecule has 1 rings (SSSR count). The predicted octanol–water partition coefficient (Wildman–Crippen LogP) is 2.71. The van der Waals surface area contributed by atoms with Gasteiger partial charge >= 0.3 is 0 Å². The predicted molar refractivity (Wildman–Crippen MR) is 54.5 cm³/mol. The molecule has 3 heteroatoms. The zero-order valence-electron chi connectivity index (χ0n) is 7.79. The minimum atomic E-state index is 1.04. The van der Waals surface area contributed by atoms with Crippen LogP contribution in [-0.4, -0.2) is 15.3 Å². The fraction of sp³-hybridized carbons (Fsp3) is 0.444. The minimum Gasteiger partial charge on any atom is -0.299 e. The van der Waals surface area contributed by atoms with Crippen molar-refractivity contribution in [2.45, 2.75) is 25.9 Å². The van der Waals surface area contributed by atoms with Crippen molar-refractivity contribution in [2.75, 3.05) is 5.75 Å². The van der Waals surface area contributed by atoms with Crippen LogP contribution in [0.25, 0.3) is 6.20 Å². The van der Waals surface area contributed by atoms with E-state index in [0.717, 1.165) is 16.6 Å². The second-order valence-corrected chi connectivity index (χ2v) is 3.78. The van der Waals surface area contributed by atoms with Crippen molar-refractivity contribution < 1.29 is 0 Å². The van der Waals surface area contributed by atoms with E-state index >= 15 is 0 Å². The molecule has 0 aliphatic heterocycles. The van der Waals surface area contributed by atoms with Gasteiger partial charge in [0.2, 0.25) is 0 Å². The Kier molecular flexibility index (Phi) is 2.98. The Hall–Kier alpha value is -0.700. The number of imidazole rings is 1. The van der Waals surface area contributed by atoms with Gasteiger partial charge in [-0.2, -0.15) is 0 Å². The molecule has 1 heterocycles. The average molecular weight is 182 g/mol. The van der Waals surface area contributed by atoms with E-state index in [1.54, 1.807) is 11.8 Å². The molecule has 0 fully saturated rings. The first kappa shape index (κ1) is 9.39. The van der Waals surface area contributed by atoms with E-state index in [4.69, 9.17) is 0 Å². The van der Waals surface area contributed by atoms with Crippen LogP contribution in [0.4, 0.5) is 0 Å². The summed E-state index contributed by atoms with van der Waals surface area (Å²) in [6, 6.07) is 0. The molecule has 0 N–H and O–H groups in total. The first-order chi connectivity index (χ1) is 5.70. The Labute approximate surface area is 77.7 Å². The summed E-state index contributed by atoms with van der Waals surface area (Å²) >= 11 is 1.74. The van der Waals surface area contributed by atoms with Crippen molar-refractivity contribution in [3.05, 3.63) is 18.0 Å². The number of aromatic nitrogens is 2. The third-order valence-corrected chi connectivity index (χ3v) is 2.65. The van der Waals surface area contributed by atoms with Gasteiger partial charge in [-0.05, 0) is 19.6 Å². The molecule has 1 aromatic heterocycles. The molecule has 66 valence electrons. The highest BCUT2D eigenvalue weighted by molar-refractivity contribution is 7.99. The molecule has 0 saturated heterocycles. The first-order valence-corrected chi connectivity index (χ1v) is 5.00. The second-order valence-electron chi connectivity index (χ2n) is 2.55. The maximum Gasteiger partial charge on any atom is 0.172 e. The Balaban J connectivity index is 3.10. The van der Waals surface area contributed by atoms with Gasteiger partial charge in [-0.25, -0.2) is 4.98 Å². The molecule has 0 radical (unpaired) electrons. The third-order valence-electron chi connectivity index (χ3n) is 1.81. The quantitative estimate of drug-likeness (QED) is 0.669. The summed E-state index contributed by atoms with van der Waals surface area (Å²) in [6.45, 7) is 9.96. The van der Waals surface area contributed by atoms with Crippen molar-refractivity contribution in [1.82, 2.24) is 9.55 Å². The van der Waals surface area contributed by atoms with Gasteiger partial charge in [-0.15, -0.1) is 0 Å². The topological polar surface area (TPSA) is 17.8 Å². The highest BCUT2D eigenvalue weighted by Gasteiger charge is 2.07. The molecule has 0 aliphatic carbocycles. The zero-order chi connectivity index (χ0) is 9.14. The van der Waals surface area contributed by atoms with Crippen LogP contribution >= 0.6 is 11.8 Å². The normalized spacial score (nSPS) is 10.2. The monoisotopic (exact) mass is 182 g/mol. The van der Waals surface area contributed by atoms with Gasteiger partial charge in [0, 0.05) is 11.9 Å². The molecule has 0 spiro atoms. The van der Waals surface area contributed by atoms with Crippen LogP contribution in [0.2, 0.25) is 0 Å². The molecule has 0 bridgehead atoms. The number of hydrogen-bond acceptors (Lipinski definition) is 2. The van der Waals surface area contributed by atoms with Gasteiger partial charge in [0.15, 0.2) is 5.16 Å². The minimum absolute atomic E-state index is 1.04. The summed E-state index contributed by atoms with van der Waals surface area (Å²) in [4.78, 5) is 4.43. The zero-order valence-corrected chi connectivity index (χ0v) is 8.61. The summed E-state index contributed by atoms with van der Waals surface area (Å²) in [5.74, 6) is 1.05. The van der Waals surface area contributed by atoms with Crippen LogP contribution in [0.15, 0.2) is 11.7 Å². The van der Waals surface area contributed by atoms with Crippen molar-refractivity contribution in [3.63, 3.8) is 0 Å². The molecule has 1 aromatic rings. The summed E-state index contributed by atoms with van der Waals surface area (Å²) in [7, 11) is 0. The van der Waals surface area contributed by atoms with Crippen LogP contribution in [0.1, 0.15) is 18.3 Å². The largest absolute Gasteiger partial charge is 0.299 e. The van der Waals surface area contributed by atoms with Crippen molar-refractivity contribution in [2.24, 2.45) is 0 Å². The van der Waals surface area contributed by atoms with E-state index < -0.39 is 0 Å². The van der Waals surface area contributed by atoms with Gasteiger partial charge < -0.3 is 0 Å². The summed E-state index contributed by atoms with van der Waals surface area (Å²) in [5, 5.41) is 1.04. The fourth-order valence-electron chi connectivity index (χ4n) is 1.04. The van der Waals surface area contributed by atoms with Gasteiger partial charge in [0.1, 0.15) is 0 Å². The molecule has 0 saturated carbocycles. The van der Waals surface area contributed by atoms with E-state index in [1.807, 2.05) is 17.7 Å². The van der Waals surface area contributed by atoms with E-state index in [1.165, 1.54) is 5.69 Å². The van der Waals surface area contributed by atoms with Crippen LogP contribution in [-0.2, 0) is 0 Å². The highest BCUT2D eigenvalue weighted by Crippen LogP contribution is 2.20. The van der Waals surface area contributed by atoms with Crippen LogP contribution < -0.4 is 0 Å². The van der Waals surface area contributed by atoms with Gasteiger partial charge in [-0.3, -0.25) is 4.57 Å². The number of thioether (sulfide) groups is 1. The van der Waals surface area contributed by atoms with Crippen LogP contribution in [0.5, 0.6) is 0 Å². The summed E-state index contributed by atoms with van der Waals surface area (Å²) in [6.07, 6.45) is 1.81. The summed E-state index contributed by atoms with van der Waals surface area (Å²) < 4.78 is 2.03. The van der Waals surface area contributed by atoms with Crippen molar-refractivity contribution in [3.8, 4) is 0 Å². The highest BCUT2D eigenvalue weighted by atomic mass is 32.2. The smallest absolute Gasteiger partial charge is 0.172 e. The van der Waals surface area contributed by atoms with E-state index in [-0.39, 0.29) is 0 Å². The third kappa shape index (κ3) is 1.55. The SMILES string of the molecule is C=Cn1c(SCC)nc(C)c1C. The molecular formula is C9H14N2S. The molecule has 0 amide bonds. The number of aryl methyl sites for hydroxylation is 1. The standard InChI is InChI=1S/C9H14N2S/c1-5-11-8(4)7(3)10-9(11)12-6-2/h5H,1,6H2,2-4H3. The molecule has 0 aliphatic rings. The van der Waals surface area contributed by atoms with Gasteiger partial charge in [-0.1, -0.05) is 25.3 Å². The molecular weight excluding hydrogens is 168 g/mol. The lowest BCUT2D eigenvalue weighted by molar-refractivity contribution is 0.918. The maximum atomic E-state index is 4.43. The molecule has 2 nitrogen and oxygen atoms in total. The Morgan fingerprint density at radius 2 is 2.25 bits per heavy atom. The Morgan fingerprint density at radius 1 is 1.58 bits per heavy atom. The van der Waals surface area contributed by atoms with Gasteiger partial charge in [0.05, 0.1) is 5.69 Å². The average Bonchev–Trinajstić information content (AvgIpc) is 2.29. The van der Waals surface area contributed by atoms with Gasteiger partial charge in [0.25, 0.3) is 0 Å². The number of rotatable bonds is 3. The van der Waals surface area contributed by atoms with E-state index in [2.05, 4.69) is 25.4 Å². The fourth-order valence-corrected chi connectivity index (χ4v) is 1.85. The summed E-state index contributed by atoms with van der Waals surface area (Å²) in [5.41, 5.74) is 2.27. The lowest BCUT2D eigenvalue weighted by atomic mass is 10.4. The number of hydrogen-bond donors (Lipinski definition) is 0. The Bertz CT molecular complexity index is 289. The van der Waals surface area contributed by atoms with Crippen molar-refractivity contribution in [1.29, 1.82) is 0 Å². The molecule has 12 heavy (non-hydrogen) atoms.